The number of hydrogen-bond acceptors (Lipinski definition) is 2. The zero-order chi connectivity index (χ0) is 13.9. The average molecular weight is 270 g/mol. The number of benzene rings is 1. The fraction of sp³-hybridized carbons (Fsp3) is 0.444. The molecule has 0 N–H and O–H groups in total. The Bertz CT molecular complexity index is 517. The summed E-state index contributed by atoms with van der Waals surface area (Å²) in [6.07, 6.45) is 6.57. The van der Waals surface area contributed by atoms with Gasteiger partial charge in [-0.15, -0.1) is 0 Å². The van der Waals surface area contributed by atoms with Crippen LogP contribution in [0.25, 0.3) is 5.57 Å². The van der Waals surface area contributed by atoms with Gasteiger partial charge in [-0.25, -0.2) is 0 Å². The zero-order valence-electron chi connectivity index (χ0n) is 12.3. The van der Waals surface area contributed by atoms with Gasteiger partial charge >= 0.3 is 0 Å². The standard InChI is InChI=1S/C18H22O2/c1-13-3-5-15(6-4-13)16-7-9-17(10-8-16)18-19-11-14(2)12-20-18/h3,5,7-10,14,18H,4,6,11-12H2,1-2H3. The third-order valence-corrected chi connectivity index (χ3v) is 3.98. The summed E-state index contributed by atoms with van der Waals surface area (Å²) in [5.74, 6) is 0.493. The maximum atomic E-state index is 5.73. The lowest BCUT2D eigenvalue weighted by Gasteiger charge is -2.27. The molecular formula is C18H22O2. The van der Waals surface area contributed by atoms with Crippen LogP contribution in [0.5, 0.6) is 0 Å². The van der Waals surface area contributed by atoms with Gasteiger partial charge in [0.1, 0.15) is 0 Å². The van der Waals surface area contributed by atoms with Gasteiger partial charge in [-0.3, -0.25) is 0 Å². The highest BCUT2D eigenvalue weighted by molar-refractivity contribution is 5.68. The molecule has 3 rings (SSSR count). The topological polar surface area (TPSA) is 18.5 Å². The van der Waals surface area contributed by atoms with E-state index < -0.39 is 0 Å². The third-order valence-electron chi connectivity index (χ3n) is 3.98. The number of ether oxygens (including phenoxy) is 2. The van der Waals surface area contributed by atoms with Gasteiger partial charge in [-0.2, -0.15) is 0 Å². The van der Waals surface area contributed by atoms with Crippen molar-refractivity contribution in [2.75, 3.05) is 13.2 Å². The van der Waals surface area contributed by atoms with Crippen LogP contribution in [-0.2, 0) is 9.47 Å². The summed E-state index contributed by atoms with van der Waals surface area (Å²) in [5.41, 5.74) is 5.30. The molecule has 1 heterocycles. The van der Waals surface area contributed by atoms with E-state index in [0.29, 0.717) is 5.92 Å². The Hall–Kier alpha value is -1.38. The molecule has 2 heteroatoms. The maximum Gasteiger partial charge on any atom is 0.183 e. The molecule has 20 heavy (non-hydrogen) atoms. The van der Waals surface area contributed by atoms with E-state index >= 15 is 0 Å². The number of rotatable bonds is 2. The van der Waals surface area contributed by atoms with Crippen molar-refractivity contribution in [1.82, 2.24) is 0 Å². The molecule has 1 aromatic carbocycles. The highest BCUT2D eigenvalue weighted by Crippen LogP contribution is 2.29. The number of allylic oxidation sites excluding steroid dienone is 4. The molecule has 0 aromatic heterocycles. The first kappa shape index (κ1) is 13.6. The Morgan fingerprint density at radius 3 is 2.25 bits per heavy atom. The van der Waals surface area contributed by atoms with Crippen LogP contribution in [0.15, 0.2) is 42.0 Å². The lowest BCUT2D eigenvalue weighted by atomic mass is 9.93. The van der Waals surface area contributed by atoms with E-state index in [1.807, 2.05) is 0 Å². The zero-order valence-corrected chi connectivity index (χ0v) is 12.3. The largest absolute Gasteiger partial charge is 0.348 e. The molecule has 0 saturated carbocycles. The Balaban J connectivity index is 1.72. The van der Waals surface area contributed by atoms with Gasteiger partial charge in [0.05, 0.1) is 13.2 Å². The molecule has 106 valence electrons. The fourth-order valence-electron chi connectivity index (χ4n) is 2.63. The van der Waals surface area contributed by atoms with Crippen molar-refractivity contribution >= 4 is 5.57 Å². The van der Waals surface area contributed by atoms with Crippen LogP contribution in [0, 0.1) is 5.92 Å². The summed E-state index contributed by atoms with van der Waals surface area (Å²) in [6, 6.07) is 8.62. The Kier molecular flexibility index (Phi) is 4.04. The lowest BCUT2D eigenvalue weighted by molar-refractivity contribution is -0.202. The van der Waals surface area contributed by atoms with Crippen molar-refractivity contribution < 1.29 is 9.47 Å². The average Bonchev–Trinajstić information content (AvgIpc) is 2.49. The summed E-state index contributed by atoms with van der Waals surface area (Å²) in [4.78, 5) is 0. The quantitative estimate of drug-likeness (QED) is 0.788. The molecule has 1 fully saturated rings. The van der Waals surface area contributed by atoms with E-state index in [1.54, 1.807) is 0 Å². The molecule has 1 aromatic rings. The van der Waals surface area contributed by atoms with Crippen molar-refractivity contribution in [3.8, 4) is 0 Å². The van der Waals surface area contributed by atoms with E-state index in [2.05, 4.69) is 50.3 Å². The van der Waals surface area contributed by atoms with Crippen LogP contribution < -0.4 is 0 Å². The summed E-state index contributed by atoms with van der Waals surface area (Å²) in [5, 5.41) is 0. The van der Waals surface area contributed by atoms with Gasteiger partial charge in [0, 0.05) is 11.5 Å². The normalized spacial score (nSPS) is 26.9. The molecular weight excluding hydrogens is 248 g/mol. The summed E-state index contributed by atoms with van der Waals surface area (Å²) in [7, 11) is 0. The SMILES string of the molecule is CC1=CC=C(c2ccc(C3OCC(C)CO3)cc2)CC1. The van der Waals surface area contributed by atoms with Gasteiger partial charge in [-0.1, -0.05) is 48.9 Å². The number of hydrogen-bond donors (Lipinski definition) is 0. The molecule has 2 aliphatic rings. The second-order valence-electron chi connectivity index (χ2n) is 5.93. The Morgan fingerprint density at radius 1 is 0.950 bits per heavy atom. The van der Waals surface area contributed by atoms with Gasteiger partial charge in [-0.05, 0) is 30.9 Å². The van der Waals surface area contributed by atoms with E-state index in [4.69, 9.17) is 9.47 Å². The molecule has 0 atom stereocenters. The molecule has 1 saturated heterocycles. The second-order valence-corrected chi connectivity index (χ2v) is 5.93. The highest BCUT2D eigenvalue weighted by atomic mass is 16.7. The molecule has 0 spiro atoms. The summed E-state index contributed by atoms with van der Waals surface area (Å²) >= 11 is 0. The molecule has 2 nitrogen and oxygen atoms in total. The van der Waals surface area contributed by atoms with Gasteiger partial charge < -0.3 is 9.47 Å². The van der Waals surface area contributed by atoms with Crippen molar-refractivity contribution in [1.29, 1.82) is 0 Å². The minimum Gasteiger partial charge on any atom is -0.348 e. The van der Waals surface area contributed by atoms with E-state index in [0.717, 1.165) is 25.2 Å². The molecule has 0 radical (unpaired) electrons. The highest BCUT2D eigenvalue weighted by Gasteiger charge is 2.20. The van der Waals surface area contributed by atoms with E-state index in [1.165, 1.54) is 23.1 Å². The van der Waals surface area contributed by atoms with Crippen molar-refractivity contribution in [3.05, 3.63) is 53.1 Å². The van der Waals surface area contributed by atoms with Gasteiger partial charge in [0.2, 0.25) is 0 Å². The molecule has 0 amide bonds. The van der Waals surface area contributed by atoms with E-state index in [-0.39, 0.29) is 6.29 Å². The van der Waals surface area contributed by atoms with Crippen LogP contribution in [0.4, 0.5) is 0 Å². The van der Waals surface area contributed by atoms with Gasteiger partial charge in [0.15, 0.2) is 6.29 Å². The Labute approximate surface area is 121 Å². The lowest BCUT2D eigenvalue weighted by Crippen LogP contribution is -2.24. The fourth-order valence-corrected chi connectivity index (χ4v) is 2.63. The van der Waals surface area contributed by atoms with Crippen LogP contribution in [0.3, 0.4) is 0 Å². The monoisotopic (exact) mass is 270 g/mol. The first-order chi connectivity index (χ1) is 9.72. The van der Waals surface area contributed by atoms with E-state index in [9.17, 15) is 0 Å². The van der Waals surface area contributed by atoms with Crippen molar-refractivity contribution in [3.63, 3.8) is 0 Å². The van der Waals surface area contributed by atoms with Crippen LogP contribution >= 0.6 is 0 Å². The molecule has 0 bridgehead atoms. The van der Waals surface area contributed by atoms with Gasteiger partial charge in [0.25, 0.3) is 0 Å². The minimum absolute atomic E-state index is 0.192. The Morgan fingerprint density at radius 2 is 1.65 bits per heavy atom. The maximum absolute atomic E-state index is 5.73. The molecule has 0 unspecified atom stereocenters. The van der Waals surface area contributed by atoms with Crippen molar-refractivity contribution in [2.45, 2.75) is 33.0 Å². The summed E-state index contributed by atoms with van der Waals surface area (Å²) < 4.78 is 11.5. The van der Waals surface area contributed by atoms with Crippen molar-refractivity contribution in [2.24, 2.45) is 5.92 Å². The minimum atomic E-state index is -0.192. The first-order valence-corrected chi connectivity index (χ1v) is 7.42. The predicted molar refractivity (Wildman–Crippen MR) is 81.2 cm³/mol. The smallest absolute Gasteiger partial charge is 0.183 e. The summed E-state index contributed by atoms with van der Waals surface area (Å²) in [6.45, 7) is 5.89. The van der Waals surface area contributed by atoms with Crippen LogP contribution in [-0.4, -0.2) is 13.2 Å². The second kappa shape index (κ2) is 5.94. The van der Waals surface area contributed by atoms with Crippen LogP contribution in [0.1, 0.15) is 44.1 Å². The molecule has 1 aliphatic heterocycles. The first-order valence-electron chi connectivity index (χ1n) is 7.42. The third kappa shape index (κ3) is 3.02. The molecule has 1 aliphatic carbocycles. The predicted octanol–water partition coefficient (Wildman–Crippen LogP) is 4.49. The van der Waals surface area contributed by atoms with Crippen LogP contribution in [0.2, 0.25) is 0 Å².